The minimum absolute atomic E-state index is 0. The first-order valence-corrected chi connectivity index (χ1v) is 12.6. The Morgan fingerprint density at radius 1 is 0.941 bits per heavy atom. The summed E-state index contributed by atoms with van der Waals surface area (Å²) in [6, 6.07) is 16.5. The minimum atomic E-state index is -0.178. The van der Waals surface area contributed by atoms with E-state index in [2.05, 4.69) is 41.5 Å². The zero-order valence-electron chi connectivity index (χ0n) is 20.1. The first-order valence-electron chi connectivity index (χ1n) is 12.6. The van der Waals surface area contributed by atoms with E-state index in [0.29, 0.717) is 0 Å². The van der Waals surface area contributed by atoms with E-state index >= 15 is 0 Å². The second-order valence-corrected chi connectivity index (χ2v) is 9.44. The third-order valence-electron chi connectivity index (χ3n) is 6.70. The molecule has 188 valence electrons. The van der Waals surface area contributed by atoms with Gasteiger partial charge in [-0.25, -0.2) is 9.18 Å². The summed E-state index contributed by atoms with van der Waals surface area (Å²) in [7, 11) is 2.19. The van der Waals surface area contributed by atoms with E-state index < -0.39 is 0 Å². The quantitative estimate of drug-likeness (QED) is 0.556. The van der Waals surface area contributed by atoms with Crippen LogP contribution in [0.25, 0.3) is 0 Å². The summed E-state index contributed by atoms with van der Waals surface area (Å²) < 4.78 is 11.9. The molecule has 1 saturated carbocycles. The van der Waals surface area contributed by atoms with Gasteiger partial charge in [0.25, 0.3) is 0 Å². The topological polar surface area (TPSA) is 35.6 Å². The average Bonchev–Trinajstić information content (AvgIpc) is 2.78. The summed E-state index contributed by atoms with van der Waals surface area (Å²) in [4.78, 5) is 16.7. The third kappa shape index (κ3) is 9.84. The maximum Gasteiger partial charge on any atom is 0.317 e. The van der Waals surface area contributed by atoms with Crippen molar-refractivity contribution >= 4 is 6.03 Å². The van der Waals surface area contributed by atoms with Gasteiger partial charge in [0.05, 0.1) is 0 Å². The summed E-state index contributed by atoms with van der Waals surface area (Å²) in [6.45, 7) is 4.77. The number of fused-ring (bicyclic) bond motifs is 1. The number of nitrogens with zero attached hydrogens (tertiary/aromatic N) is 2. The third-order valence-corrected chi connectivity index (χ3v) is 6.70. The molecule has 2 fully saturated rings. The molecular weight excluding hydrogens is 425 g/mol. The molecule has 5 rings (SSSR count). The molecule has 0 spiro atoms. The van der Waals surface area contributed by atoms with Crippen molar-refractivity contribution in [2.24, 2.45) is 5.92 Å². The SMILES string of the molecule is C.C1CCC1.CN1CCCC(CCNC(=O)N2CCc3ccccc3C2)C1.Fc1ccccc1. The molecule has 3 aliphatic rings. The van der Waals surface area contributed by atoms with Crippen molar-refractivity contribution < 1.29 is 9.18 Å². The molecule has 0 radical (unpaired) electrons. The standard InChI is InChI=1S/C18H27N3O.C6H5F.C4H8.CH4/c1-20-11-4-5-15(13-20)8-10-19-18(22)21-12-9-16-6-2-3-7-17(16)14-21;7-6-4-2-1-3-5-6;1-2-4-3-1;/h2-3,6-7,15H,4-5,8-14H2,1H3,(H,19,22);1-5H;1-4H2;1H4. The number of hydrogen-bond acceptors (Lipinski definition) is 2. The number of carbonyl (C=O) groups is 1. The van der Waals surface area contributed by atoms with Crippen molar-refractivity contribution in [2.45, 2.75) is 65.3 Å². The Bertz CT molecular complexity index is 821. The molecule has 2 heterocycles. The van der Waals surface area contributed by atoms with Crippen LogP contribution < -0.4 is 5.32 Å². The summed E-state index contributed by atoms with van der Waals surface area (Å²) in [6.07, 6.45) is 10.7. The number of amides is 2. The number of benzene rings is 2. The van der Waals surface area contributed by atoms with Gasteiger partial charge in [-0.15, -0.1) is 0 Å². The summed E-state index contributed by atoms with van der Waals surface area (Å²) in [5.41, 5.74) is 2.68. The molecular formula is C29H44FN3O. The predicted molar refractivity (Wildman–Crippen MR) is 140 cm³/mol. The number of hydrogen-bond donors (Lipinski definition) is 1. The highest BCUT2D eigenvalue weighted by molar-refractivity contribution is 5.74. The molecule has 1 unspecified atom stereocenters. The van der Waals surface area contributed by atoms with Crippen LogP contribution in [-0.2, 0) is 13.0 Å². The van der Waals surface area contributed by atoms with Gasteiger partial charge in [-0.1, -0.05) is 75.6 Å². The van der Waals surface area contributed by atoms with Crippen LogP contribution in [0.3, 0.4) is 0 Å². The van der Waals surface area contributed by atoms with Crippen LogP contribution in [0.15, 0.2) is 54.6 Å². The summed E-state index contributed by atoms with van der Waals surface area (Å²) >= 11 is 0. The van der Waals surface area contributed by atoms with Gasteiger partial charge in [-0.2, -0.15) is 0 Å². The van der Waals surface area contributed by atoms with E-state index in [1.54, 1.807) is 18.2 Å². The fourth-order valence-electron chi connectivity index (χ4n) is 4.34. The van der Waals surface area contributed by atoms with Gasteiger partial charge in [0.2, 0.25) is 0 Å². The fraction of sp³-hybridized carbons (Fsp3) is 0.552. The Morgan fingerprint density at radius 2 is 1.59 bits per heavy atom. The van der Waals surface area contributed by atoms with Gasteiger partial charge < -0.3 is 15.1 Å². The molecule has 34 heavy (non-hydrogen) atoms. The Labute approximate surface area is 206 Å². The Hall–Kier alpha value is -2.40. The van der Waals surface area contributed by atoms with Crippen LogP contribution in [0.4, 0.5) is 9.18 Å². The summed E-state index contributed by atoms with van der Waals surface area (Å²) in [5, 5.41) is 3.11. The first kappa shape index (κ1) is 27.8. The average molecular weight is 470 g/mol. The monoisotopic (exact) mass is 469 g/mol. The Morgan fingerprint density at radius 3 is 2.18 bits per heavy atom. The predicted octanol–water partition coefficient (Wildman–Crippen LogP) is 6.51. The second kappa shape index (κ2) is 15.5. The van der Waals surface area contributed by atoms with E-state index in [1.807, 2.05) is 4.90 Å². The lowest BCUT2D eigenvalue weighted by molar-refractivity contribution is 0.184. The molecule has 2 aromatic carbocycles. The lowest BCUT2D eigenvalue weighted by Crippen LogP contribution is -2.43. The molecule has 0 aromatic heterocycles. The molecule has 1 atom stereocenters. The van der Waals surface area contributed by atoms with Crippen LogP contribution in [0, 0.1) is 11.7 Å². The van der Waals surface area contributed by atoms with Crippen molar-refractivity contribution in [3.63, 3.8) is 0 Å². The molecule has 0 bridgehead atoms. The highest BCUT2D eigenvalue weighted by atomic mass is 19.1. The fourth-order valence-corrected chi connectivity index (χ4v) is 4.34. The Kier molecular flexibility index (Phi) is 12.7. The van der Waals surface area contributed by atoms with Crippen LogP contribution in [0.2, 0.25) is 0 Å². The van der Waals surface area contributed by atoms with Crippen LogP contribution in [-0.4, -0.2) is 49.1 Å². The van der Waals surface area contributed by atoms with Gasteiger partial charge in [0, 0.05) is 26.2 Å². The van der Waals surface area contributed by atoms with Crippen LogP contribution in [0.1, 0.15) is 63.5 Å². The first-order chi connectivity index (χ1) is 16.1. The van der Waals surface area contributed by atoms with Gasteiger partial charge in [0.15, 0.2) is 0 Å². The van der Waals surface area contributed by atoms with Crippen molar-refractivity contribution in [3.05, 3.63) is 71.5 Å². The van der Waals surface area contributed by atoms with Gasteiger partial charge in [-0.3, -0.25) is 0 Å². The van der Waals surface area contributed by atoms with Gasteiger partial charge >= 0.3 is 6.03 Å². The number of urea groups is 1. The van der Waals surface area contributed by atoms with Crippen molar-refractivity contribution in [1.29, 1.82) is 0 Å². The molecule has 4 nitrogen and oxygen atoms in total. The number of rotatable bonds is 3. The van der Waals surface area contributed by atoms with E-state index in [0.717, 1.165) is 38.4 Å². The van der Waals surface area contributed by atoms with E-state index in [9.17, 15) is 9.18 Å². The van der Waals surface area contributed by atoms with Crippen LogP contribution >= 0.6 is 0 Å². The van der Waals surface area contributed by atoms with Crippen LogP contribution in [0.5, 0.6) is 0 Å². The normalized spacial score (nSPS) is 19.0. The van der Waals surface area contributed by atoms with E-state index in [-0.39, 0.29) is 19.3 Å². The van der Waals surface area contributed by atoms with Crippen molar-refractivity contribution in [1.82, 2.24) is 15.1 Å². The van der Waals surface area contributed by atoms with E-state index in [4.69, 9.17) is 0 Å². The summed E-state index contributed by atoms with van der Waals surface area (Å²) in [5.74, 6) is 0.559. The number of halogens is 1. The second-order valence-electron chi connectivity index (χ2n) is 9.44. The molecule has 1 N–H and O–H groups in total. The smallest absolute Gasteiger partial charge is 0.317 e. The van der Waals surface area contributed by atoms with Gasteiger partial charge in [-0.05, 0) is 68.5 Å². The highest BCUT2D eigenvalue weighted by Gasteiger charge is 2.21. The maximum absolute atomic E-state index is 12.3. The number of piperidine rings is 1. The number of likely N-dealkylation sites (tertiary alicyclic amines) is 1. The van der Waals surface area contributed by atoms with Crippen molar-refractivity contribution in [2.75, 3.05) is 33.2 Å². The Balaban J connectivity index is 0.000000279. The molecule has 1 aliphatic carbocycles. The molecule has 2 aliphatic heterocycles. The highest BCUT2D eigenvalue weighted by Crippen LogP contribution is 2.19. The number of nitrogens with one attached hydrogen (secondary N) is 1. The number of carbonyl (C=O) groups excluding carboxylic acids is 1. The van der Waals surface area contributed by atoms with E-state index in [1.165, 1.54) is 74.9 Å². The minimum Gasteiger partial charge on any atom is -0.338 e. The molecule has 5 heteroatoms. The molecule has 2 aromatic rings. The zero-order valence-corrected chi connectivity index (χ0v) is 20.1. The molecule has 1 saturated heterocycles. The molecule has 2 amide bonds. The maximum atomic E-state index is 12.3. The van der Waals surface area contributed by atoms with Crippen molar-refractivity contribution in [3.8, 4) is 0 Å². The lowest BCUT2D eigenvalue weighted by atomic mass is 9.95. The van der Waals surface area contributed by atoms with Gasteiger partial charge in [0.1, 0.15) is 5.82 Å². The lowest BCUT2D eigenvalue weighted by Gasteiger charge is -2.31. The zero-order chi connectivity index (χ0) is 23.3. The largest absolute Gasteiger partial charge is 0.338 e.